The maximum atomic E-state index is 13.5. The standard InChI is InChI=1S/C38H60O10S2/c1-8-25(2)20-36-29(6)33(24-50(42,43)32-12-10-9-11-13-32)37(47-36)23-34(39)28(5)26(3)21-31(48-49(7,40)41)14-16-35-27(4)22-30(46-35)15-17-38-44-18-19-45-38/h9-13,25-26,29-31,33-39H,4-5,8,14-24H2,1-3,6-7H3/t25-,26-,29-,30+,31-,33-,34+,35?,36-,37+/m1/s1. The van der Waals surface area contributed by atoms with Crippen LogP contribution in [0.4, 0.5) is 0 Å². The fourth-order valence-corrected chi connectivity index (χ4v) is 10.00. The van der Waals surface area contributed by atoms with Gasteiger partial charge in [0, 0.05) is 18.8 Å². The van der Waals surface area contributed by atoms with Gasteiger partial charge < -0.3 is 24.1 Å². The Morgan fingerprint density at radius 1 is 1.00 bits per heavy atom. The molecule has 10 atom stereocenters. The Bertz CT molecular complexity index is 1460. The third-order valence-corrected chi connectivity index (χ3v) is 13.3. The lowest BCUT2D eigenvalue weighted by molar-refractivity contribution is -0.0588. The average molecular weight is 741 g/mol. The van der Waals surface area contributed by atoms with Crippen molar-refractivity contribution < 1.29 is 45.1 Å². The zero-order chi connectivity index (χ0) is 36.6. The van der Waals surface area contributed by atoms with Gasteiger partial charge in [0.25, 0.3) is 10.1 Å². The highest BCUT2D eigenvalue weighted by molar-refractivity contribution is 7.91. The molecule has 1 unspecified atom stereocenters. The highest BCUT2D eigenvalue weighted by Crippen LogP contribution is 2.41. The van der Waals surface area contributed by atoms with E-state index in [2.05, 4.69) is 33.9 Å². The maximum absolute atomic E-state index is 13.5. The van der Waals surface area contributed by atoms with E-state index in [-0.39, 0.29) is 59.4 Å². The molecule has 50 heavy (non-hydrogen) atoms. The molecule has 3 fully saturated rings. The molecule has 0 radical (unpaired) electrons. The van der Waals surface area contributed by atoms with Gasteiger partial charge >= 0.3 is 0 Å². The van der Waals surface area contributed by atoms with Crippen LogP contribution < -0.4 is 0 Å². The van der Waals surface area contributed by atoms with E-state index in [1.165, 1.54) is 0 Å². The Morgan fingerprint density at radius 3 is 2.32 bits per heavy atom. The Balaban J connectivity index is 1.37. The van der Waals surface area contributed by atoms with E-state index in [1.54, 1.807) is 30.3 Å². The quantitative estimate of drug-likeness (QED) is 0.121. The molecule has 10 nitrogen and oxygen atoms in total. The lowest BCUT2D eigenvalue weighted by Gasteiger charge is -2.28. The van der Waals surface area contributed by atoms with E-state index in [1.807, 2.05) is 6.92 Å². The number of aliphatic hydroxyl groups excluding tert-OH is 1. The van der Waals surface area contributed by atoms with Gasteiger partial charge in [-0.2, -0.15) is 8.42 Å². The summed E-state index contributed by atoms with van der Waals surface area (Å²) in [5.41, 5.74) is 1.52. The van der Waals surface area contributed by atoms with Gasteiger partial charge in [-0.15, -0.1) is 0 Å². The summed E-state index contributed by atoms with van der Waals surface area (Å²) in [7, 11) is -7.34. The molecule has 0 aliphatic carbocycles. The first-order valence-corrected chi connectivity index (χ1v) is 21.8. The number of rotatable bonds is 20. The second kappa shape index (κ2) is 18.4. The van der Waals surface area contributed by atoms with Crippen LogP contribution in [0.25, 0.3) is 0 Å². The van der Waals surface area contributed by atoms with Crippen molar-refractivity contribution in [2.45, 2.75) is 133 Å². The highest BCUT2D eigenvalue weighted by Gasteiger charge is 2.45. The van der Waals surface area contributed by atoms with Crippen molar-refractivity contribution >= 4 is 20.0 Å². The van der Waals surface area contributed by atoms with Crippen LogP contribution in [0.15, 0.2) is 59.5 Å². The molecule has 3 heterocycles. The summed E-state index contributed by atoms with van der Waals surface area (Å²) in [6.45, 7) is 17.9. The van der Waals surface area contributed by atoms with Crippen LogP contribution in [0, 0.1) is 23.7 Å². The van der Waals surface area contributed by atoms with Crippen molar-refractivity contribution in [3.63, 3.8) is 0 Å². The molecule has 1 aromatic rings. The van der Waals surface area contributed by atoms with E-state index < -0.39 is 38.3 Å². The second-order valence-electron chi connectivity index (χ2n) is 14.9. The number of aliphatic hydroxyl groups is 1. The molecule has 0 saturated carbocycles. The number of ether oxygens (including phenoxy) is 4. The molecule has 0 aromatic heterocycles. The molecule has 0 amide bonds. The molecule has 3 aliphatic heterocycles. The van der Waals surface area contributed by atoms with Crippen LogP contribution >= 0.6 is 0 Å². The van der Waals surface area contributed by atoms with Crippen molar-refractivity contribution in [1.29, 1.82) is 0 Å². The van der Waals surface area contributed by atoms with Crippen molar-refractivity contribution in [1.82, 2.24) is 0 Å². The van der Waals surface area contributed by atoms with Gasteiger partial charge in [0.05, 0.1) is 66.7 Å². The molecule has 3 saturated heterocycles. The second-order valence-corrected chi connectivity index (χ2v) is 18.5. The van der Waals surface area contributed by atoms with E-state index in [4.69, 9.17) is 23.1 Å². The third kappa shape index (κ3) is 11.9. The minimum absolute atomic E-state index is 0.0141. The van der Waals surface area contributed by atoms with Crippen molar-refractivity contribution in [2.75, 3.05) is 25.2 Å². The summed E-state index contributed by atoms with van der Waals surface area (Å²) in [5, 5.41) is 11.5. The molecule has 1 aromatic carbocycles. The van der Waals surface area contributed by atoms with Crippen LogP contribution in [-0.4, -0.2) is 90.1 Å². The summed E-state index contributed by atoms with van der Waals surface area (Å²) in [6, 6.07) is 8.46. The number of hydrogen-bond acceptors (Lipinski definition) is 10. The fraction of sp³-hybridized carbons (Fsp3) is 0.737. The average Bonchev–Trinajstić information content (AvgIpc) is 3.78. The topological polar surface area (TPSA) is 135 Å². The predicted octanol–water partition coefficient (Wildman–Crippen LogP) is 6.24. The van der Waals surface area contributed by atoms with E-state index in [0.29, 0.717) is 44.0 Å². The molecule has 0 bridgehead atoms. The molecule has 284 valence electrons. The Kier molecular flexibility index (Phi) is 15.1. The van der Waals surface area contributed by atoms with Crippen LogP contribution in [0.5, 0.6) is 0 Å². The summed E-state index contributed by atoms with van der Waals surface area (Å²) >= 11 is 0. The third-order valence-electron chi connectivity index (χ3n) is 10.8. The zero-order valence-corrected chi connectivity index (χ0v) is 32.2. The lowest BCUT2D eigenvalue weighted by Crippen LogP contribution is -2.32. The van der Waals surface area contributed by atoms with Crippen molar-refractivity contribution in [3.05, 3.63) is 54.6 Å². The van der Waals surface area contributed by atoms with Gasteiger partial charge in [-0.05, 0) is 79.6 Å². The minimum atomic E-state index is -3.75. The first-order valence-electron chi connectivity index (χ1n) is 18.3. The molecular formula is C38H60O10S2. The van der Waals surface area contributed by atoms with Crippen molar-refractivity contribution in [3.8, 4) is 0 Å². The maximum Gasteiger partial charge on any atom is 0.264 e. The lowest BCUT2D eigenvalue weighted by atomic mass is 9.83. The van der Waals surface area contributed by atoms with E-state index >= 15 is 0 Å². The first-order chi connectivity index (χ1) is 23.6. The Labute approximate surface area is 301 Å². The molecule has 0 spiro atoms. The Morgan fingerprint density at radius 2 is 1.68 bits per heavy atom. The molecule has 3 aliphatic rings. The van der Waals surface area contributed by atoms with E-state index in [0.717, 1.165) is 43.9 Å². The fourth-order valence-electron chi connectivity index (χ4n) is 7.54. The van der Waals surface area contributed by atoms with Gasteiger partial charge in [0.2, 0.25) is 0 Å². The highest BCUT2D eigenvalue weighted by atomic mass is 32.2. The molecule has 12 heteroatoms. The van der Waals surface area contributed by atoms with Gasteiger partial charge in [-0.3, -0.25) is 4.18 Å². The predicted molar refractivity (Wildman–Crippen MR) is 194 cm³/mol. The first kappa shape index (κ1) is 41.1. The summed E-state index contributed by atoms with van der Waals surface area (Å²) < 4.78 is 80.9. The summed E-state index contributed by atoms with van der Waals surface area (Å²) in [5.74, 6) is -0.275. The van der Waals surface area contributed by atoms with Gasteiger partial charge in [0.1, 0.15) is 0 Å². The van der Waals surface area contributed by atoms with Crippen LogP contribution in [0.3, 0.4) is 0 Å². The van der Waals surface area contributed by atoms with Crippen LogP contribution in [-0.2, 0) is 43.1 Å². The van der Waals surface area contributed by atoms with Crippen LogP contribution in [0.1, 0.15) is 85.5 Å². The SMILES string of the molecule is C=C1C[C@H](CCC2OCCO2)OC1CC[C@H](C[C@@H](C)C(=C)[C@@H](O)C[C@@H]1O[C@H](C[C@H](C)CC)[C@H](C)[C@H]1CS(=O)(=O)c1ccccc1)OS(C)(=O)=O. The molecule has 4 rings (SSSR count). The smallest absolute Gasteiger partial charge is 0.264 e. The van der Waals surface area contributed by atoms with E-state index in [9.17, 15) is 21.9 Å². The largest absolute Gasteiger partial charge is 0.389 e. The molecular weight excluding hydrogens is 681 g/mol. The summed E-state index contributed by atoms with van der Waals surface area (Å²) in [6.07, 6.45) is 4.03. The zero-order valence-electron chi connectivity index (χ0n) is 30.6. The van der Waals surface area contributed by atoms with Crippen molar-refractivity contribution in [2.24, 2.45) is 23.7 Å². The molecule has 1 N–H and O–H groups in total. The number of sulfone groups is 1. The monoisotopic (exact) mass is 740 g/mol. The number of hydrogen-bond donors (Lipinski definition) is 1. The van der Waals surface area contributed by atoms with Gasteiger partial charge in [0.15, 0.2) is 16.1 Å². The number of benzene rings is 1. The Hall–Kier alpha value is -1.64. The van der Waals surface area contributed by atoms with Gasteiger partial charge in [-0.25, -0.2) is 8.42 Å². The normalized spacial score (nSPS) is 28.9. The minimum Gasteiger partial charge on any atom is -0.389 e. The summed E-state index contributed by atoms with van der Waals surface area (Å²) in [4.78, 5) is 0.280. The van der Waals surface area contributed by atoms with Crippen LogP contribution in [0.2, 0.25) is 0 Å². The van der Waals surface area contributed by atoms with Gasteiger partial charge in [-0.1, -0.05) is 65.5 Å².